The highest BCUT2D eigenvalue weighted by molar-refractivity contribution is 6.01. The second-order valence-electron chi connectivity index (χ2n) is 8.86. The van der Waals surface area contributed by atoms with Crippen molar-refractivity contribution in [1.82, 2.24) is 15.5 Å². The number of allylic oxidation sites excluding steroid dienone is 1. The molecule has 34 heavy (non-hydrogen) atoms. The predicted octanol–water partition coefficient (Wildman–Crippen LogP) is 3.46. The van der Waals surface area contributed by atoms with Crippen LogP contribution in [0.2, 0.25) is 0 Å². The zero-order valence-corrected chi connectivity index (χ0v) is 18.5. The molecule has 1 aliphatic carbocycles. The minimum absolute atomic E-state index is 0.0131. The normalized spacial score (nSPS) is 24.6. The first kappa shape index (κ1) is 22.2. The summed E-state index contributed by atoms with van der Waals surface area (Å²) in [5.74, 6) is -0.776. The smallest absolute Gasteiger partial charge is 0.403 e. The zero-order chi connectivity index (χ0) is 24.2. The van der Waals surface area contributed by atoms with Crippen LogP contribution in [0.5, 0.6) is 0 Å². The van der Waals surface area contributed by atoms with E-state index in [2.05, 4.69) is 31.5 Å². The molecule has 5 rings (SSSR count). The van der Waals surface area contributed by atoms with Crippen LogP contribution in [0.25, 0.3) is 5.57 Å². The van der Waals surface area contributed by atoms with Gasteiger partial charge in [0.1, 0.15) is 0 Å². The summed E-state index contributed by atoms with van der Waals surface area (Å²) in [5, 5.41) is 13.3. The Bertz CT molecular complexity index is 1240. The number of alkyl halides is 3. The van der Waals surface area contributed by atoms with E-state index in [-0.39, 0.29) is 53.7 Å². The lowest BCUT2D eigenvalue weighted by molar-refractivity contribution is -0.134. The number of nitrogens with zero attached hydrogens (tertiary/aromatic N) is 3. The molecule has 0 radical (unpaired) electrons. The average molecular weight is 473 g/mol. The van der Waals surface area contributed by atoms with E-state index in [0.29, 0.717) is 19.4 Å². The minimum atomic E-state index is -4.38. The molecular weight excluding hydrogens is 451 g/mol. The summed E-state index contributed by atoms with van der Waals surface area (Å²) in [5.41, 5.74) is 4.72. The fourth-order valence-electron chi connectivity index (χ4n) is 4.53. The first-order valence-corrected chi connectivity index (χ1v) is 11.0. The third-order valence-electron chi connectivity index (χ3n) is 6.63. The molecule has 1 unspecified atom stereocenters. The lowest BCUT2D eigenvalue weighted by Crippen LogP contribution is -2.62. The summed E-state index contributed by atoms with van der Waals surface area (Å²) >= 11 is 0. The molecule has 2 aliphatic heterocycles. The van der Waals surface area contributed by atoms with E-state index in [1.54, 1.807) is 0 Å². The lowest BCUT2D eigenvalue weighted by Gasteiger charge is -2.48. The molecule has 178 valence electrons. The number of rotatable bonds is 5. The fraction of sp³-hybridized carbons (Fsp3) is 0.435. The minimum Gasteiger partial charge on any atom is -0.403 e. The van der Waals surface area contributed by atoms with Crippen LogP contribution in [0.15, 0.2) is 33.9 Å². The van der Waals surface area contributed by atoms with E-state index in [4.69, 9.17) is 4.42 Å². The number of amides is 2. The van der Waals surface area contributed by atoms with Crippen LogP contribution in [0.3, 0.4) is 0 Å². The van der Waals surface area contributed by atoms with Crippen LogP contribution in [0.4, 0.5) is 24.9 Å². The molecule has 2 fully saturated rings. The van der Waals surface area contributed by atoms with Crippen molar-refractivity contribution in [1.29, 1.82) is 0 Å². The van der Waals surface area contributed by atoms with Crippen molar-refractivity contribution in [3.8, 4) is 0 Å². The van der Waals surface area contributed by atoms with Crippen LogP contribution in [0.1, 0.15) is 49.1 Å². The van der Waals surface area contributed by atoms with Gasteiger partial charge in [-0.05, 0) is 37.5 Å². The van der Waals surface area contributed by atoms with Gasteiger partial charge in [0.2, 0.25) is 11.8 Å². The molecule has 0 spiro atoms. The van der Waals surface area contributed by atoms with Crippen LogP contribution in [-0.2, 0) is 9.59 Å². The topological polar surface area (TPSA) is 100 Å². The van der Waals surface area contributed by atoms with Gasteiger partial charge in [0.05, 0.1) is 23.1 Å². The largest absolute Gasteiger partial charge is 0.420 e. The molecule has 2 saturated heterocycles. The molecule has 3 heterocycles. The Hall–Kier alpha value is -3.59. The maximum Gasteiger partial charge on any atom is 0.420 e. The van der Waals surface area contributed by atoms with E-state index < -0.39 is 11.7 Å². The standard InChI is InChI=1S/C23H22F3N5O3/c1-11-7-13(16-4-6-19(32)28-20(16)33)3-5-18(11)31-10-17(12(31)2)27-22-30-29-21(34-22)14-8-15(9-14)23(24,25)26/h3,5,7,12,16-17H,4,6,8,10H2,1-2H3,(H,27,30)(H,28,32,33)/t12-,16?,17+/m1/s1. The van der Waals surface area contributed by atoms with Crippen LogP contribution < -0.4 is 15.5 Å². The molecule has 0 bridgehead atoms. The summed E-state index contributed by atoms with van der Waals surface area (Å²) in [4.78, 5) is 25.8. The first-order valence-electron chi connectivity index (χ1n) is 11.0. The molecule has 1 aromatic heterocycles. The maximum absolute atomic E-state index is 12.6. The average Bonchev–Trinajstić information content (AvgIpc) is 3.17. The monoisotopic (exact) mass is 473 g/mol. The van der Waals surface area contributed by atoms with Gasteiger partial charge in [0.15, 0.2) is 0 Å². The van der Waals surface area contributed by atoms with Gasteiger partial charge in [-0.25, -0.2) is 0 Å². The maximum atomic E-state index is 12.6. The number of hydrogen-bond acceptors (Lipinski definition) is 7. The van der Waals surface area contributed by atoms with Gasteiger partial charge in [-0.1, -0.05) is 17.2 Å². The molecule has 3 atom stereocenters. The second-order valence-corrected chi connectivity index (χ2v) is 8.86. The van der Waals surface area contributed by atoms with Gasteiger partial charge in [-0.15, -0.1) is 10.8 Å². The van der Waals surface area contributed by atoms with Gasteiger partial charge < -0.3 is 14.6 Å². The number of imide groups is 1. The number of aryl methyl sites for hydroxylation is 1. The number of benzene rings is 1. The van der Waals surface area contributed by atoms with Crippen molar-refractivity contribution in [3.05, 3.63) is 46.5 Å². The number of halogens is 3. The van der Waals surface area contributed by atoms with E-state index >= 15 is 0 Å². The molecule has 3 aliphatic rings. The van der Waals surface area contributed by atoms with Gasteiger partial charge in [-0.3, -0.25) is 14.9 Å². The zero-order valence-electron chi connectivity index (χ0n) is 18.5. The highest BCUT2D eigenvalue weighted by atomic mass is 19.4. The fourth-order valence-corrected chi connectivity index (χ4v) is 4.53. The summed E-state index contributed by atoms with van der Waals surface area (Å²) in [7, 11) is 0. The third kappa shape index (κ3) is 3.96. The highest BCUT2D eigenvalue weighted by Crippen LogP contribution is 2.39. The summed E-state index contributed by atoms with van der Waals surface area (Å²) in [6, 6.07) is 6.16. The Morgan fingerprint density at radius 1 is 1.26 bits per heavy atom. The number of piperidine rings is 1. The molecule has 2 N–H and O–H groups in total. The van der Waals surface area contributed by atoms with E-state index in [9.17, 15) is 22.8 Å². The number of carbonyl (C=O) groups is 2. The van der Waals surface area contributed by atoms with E-state index in [1.807, 2.05) is 32.0 Å². The van der Waals surface area contributed by atoms with Crippen molar-refractivity contribution in [2.24, 2.45) is 0 Å². The Morgan fingerprint density at radius 2 is 2.03 bits per heavy atom. The van der Waals surface area contributed by atoms with Gasteiger partial charge in [0.25, 0.3) is 5.89 Å². The van der Waals surface area contributed by atoms with Crippen LogP contribution in [-0.4, -0.2) is 46.8 Å². The molecule has 0 saturated carbocycles. The quantitative estimate of drug-likeness (QED) is 0.507. The van der Waals surface area contributed by atoms with Crippen molar-refractivity contribution < 1.29 is 27.2 Å². The van der Waals surface area contributed by atoms with Gasteiger partial charge >= 0.3 is 12.2 Å². The van der Waals surface area contributed by atoms with E-state index in [0.717, 1.165) is 16.8 Å². The molecule has 2 aromatic rings. The number of aromatic nitrogens is 2. The Labute approximate surface area is 192 Å². The SMILES string of the molecule is Cc1cc(C2CCC(=O)NC2=O)ccc1N1C[C@H](Nc2nnc(C3=C=C(C(F)(F)F)C3)o2)[C@H]1C. The third-order valence-corrected chi connectivity index (χ3v) is 6.63. The van der Waals surface area contributed by atoms with Crippen molar-refractivity contribution >= 4 is 29.1 Å². The summed E-state index contributed by atoms with van der Waals surface area (Å²) in [6.07, 6.45) is -3.82. The highest BCUT2D eigenvalue weighted by Gasteiger charge is 2.40. The van der Waals surface area contributed by atoms with Crippen LogP contribution >= 0.6 is 0 Å². The first-order chi connectivity index (χ1) is 16.1. The number of anilines is 2. The lowest BCUT2D eigenvalue weighted by atomic mass is 9.88. The molecule has 1 aromatic carbocycles. The van der Waals surface area contributed by atoms with Crippen molar-refractivity contribution in [2.75, 3.05) is 16.8 Å². The van der Waals surface area contributed by atoms with Gasteiger partial charge in [-0.2, -0.15) is 13.2 Å². The molecule has 11 heteroatoms. The Kier molecular flexibility index (Phi) is 5.24. The van der Waals surface area contributed by atoms with Crippen LogP contribution in [0, 0.1) is 6.92 Å². The molecular formula is C23H22F3N5O3. The number of carbonyl (C=O) groups excluding carboxylic acids is 2. The summed E-state index contributed by atoms with van der Waals surface area (Å²) in [6.45, 7) is 4.69. The predicted molar refractivity (Wildman–Crippen MR) is 116 cm³/mol. The van der Waals surface area contributed by atoms with Crippen molar-refractivity contribution in [2.45, 2.75) is 57.3 Å². The Balaban J connectivity index is 1.22. The molecule has 2 amide bonds. The second kappa shape index (κ2) is 8.02. The van der Waals surface area contributed by atoms with Gasteiger partial charge in [0, 0.05) is 31.1 Å². The number of nitrogens with one attached hydrogen (secondary N) is 2. The number of hydrogen-bond donors (Lipinski definition) is 2. The van der Waals surface area contributed by atoms with Crippen molar-refractivity contribution in [3.63, 3.8) is 0 Å². The molecule has 8 nitrogen and oxygen atoms in total. The Morgan fingerprint density at radius 3 is 2.68 bits per heavy atom. The summed E-state index contributed by atoms with van der Waals surface area (Å²) < 4.78 is 43.2. The van der Waals surface area contributed by atoms with E-state index in [1.165, 1.54) is 0 Å².